The number of nitrogens with zero attached hydrogens (tertiary/aromatic N) is 1. The number of carbonyl (C=O) groups excluding carboxylic acids is 2. The minimum atomic E-state index is -0.0932. The van der Waals surface area contributed by atoms with Crippen LogP contribution in [0.3, 0.4) is 0 Å². The minimum Gasteiger partial charge on any atom is -0.383 e. The van der Waals surface area contributed by atoms with Crippen LogP contribution in [0.15, 0.2) is 0 Å². The molecule has 1 heterocycles. The van der Waals surface area contributed by atoms with Gasteiger partial charge in [0, 0.05) is 32.5 Å². The average molecular weight is 185 g/mol. The second kappa shape index (κ2) is 4.37. The third kappa shape index (κ3) is 2.52. The molecule has 4 nitrogen and oxygen atoms in total. The van der Waals surface area contributed by atoms with Gasteiger partial charge in [-0.25, -0.2) is 0 Å². The molecule has 4 heteroatoms. The zero-order chi connectivity index (χ0) is 9.84. The Balaban J connectivity index is 2.42. The van der Waals surface area contributed by atoms with Gasteiger partial charge in [0.05, 0.1) is 6.61 Å². The van der Waals surface area contributed by atoms with Crippen molar-refractivity contribution in [2.24, 2.45) is 5.92 Å². The second-order valence-corrected chi connectivity index (χ2v) is 3.34. The van der Waals surface area contributed by atoms with Gasteiger partial charge < -0.3 is 9.64 Å². The van der Waals surface area contributed by atoms with Crippen molar-refractivity contribution in [3.63, 3.8) is 0 Å². The van der Waals surface area contributed by atoms with E-state index in [9.17, 15) is 9.59 Å². The van der Waals surface area contributed by atoms with Gasteiger partial charge in [-0.2, -0.15) is 0 Å². The van der Waals surface area contributed by atoms with Crippen LogP contribution in [0, 0.1) is 5.92 Å². The van der Waals surface area contributed by atoms with Crippen LogP contribution in [0.25, 0.3) is 0 Å². The molecule has 0 aliphatic carbocycles. The van der Waals surface area contributed by atoms with Crippen molar-refractivity contribution in [1.82, 2.24) is 4.90 Å². The Bertz CT molecular complexity index is 215. The molecule has 1 saturated heterocycles. The number of Topliss-reactive ketones (excluding diaryl/α,β-unsaturated/α-hetero) is 1. The lowest BCUT2D eigenvalue weighted by Crippen LogP contribution is -2.29. The summed E-state index contributed by atoms with van der Waals surface area (Å²) in [4.78, 5) is 24.0. The van der Waals surface area contributed by atoms with Crippen LogP contribution >= 0.6 is 0 Å². The normalized spacial score (nSPS) is 22.5. The molecule has 1 aliphatic heterocycles. The first-order valence-electron chi connectivity index (χ1n) is 4.42. The van der Waals surface area contributed by atoms with Crippen LogP contribution in [-0.4, -0.2) is 43.4 Å². The lowest BCUT2D eigenvalue weighted by molar-refractivity contribution is -0.128. The first kappa shape index (κ1) is 10.2. The van der Waals surface area contributed by atoms with Crippen molar-refractivity contribution in [1.29, 1.82) is 0 Å². The van der Waals surface area contributed by atoms with E-state index in [0.717, 1.165) is 0 Å². The molecule has 1 aliphatic rings. The van der Waals surface area contributed by atoms with E-state index in [0.29, 0.717) is 26.1 Å². The van der Waals surface area contributed by atoms with Gasteiger partial charge >= 0.3 is 0 Å². The van der Waals surface area contributed by atoms with Crippen LogP contribution < -0.4 is 0 Å². The number of rotatable bonds is 4. The Morgan fingerprint density at radius 2 is 2.38 bits per heavy atom. The van der Waals surface area contributed by atoms with Gasteiger partial charge in [0.2, 0.25) is 5.91 Å². The highest BCUT2D eigenvalue weighted by molar-refractivity contribution is 5.89. The van der Waals surface area contributed by atoms with E-state index >= 15 is 0 Å². The van der Waals surface area contributed by atoms with E-state index in [-0.39, 0.29) is 17.6 Å². The molecule has 1 fully saturated rings. The number of ether oxygens (including phenoxy) is 1. The van der Waals surface area contributed by atoms with Gasteiger partial charge in [-0.15, -0.1) is 0 Å². The molecule has 0 aromatic rings. The Morgan fingerprint density at radius 3 is 2.85 bits per heavy atom. The van der Waals surface area contributed by atoms with E-state index in [2.05, 4.69) is 0 Å². The van der Waals surface area contributed by atoms with Crippen molar-refractivity contribution in [3.05, 3.63) is 0 Å². The first-order chi connectivity index (χ1) is 6.15. The SMILES string of the molecule is COCCN1CC(C(C)=O)CC1=O. The number of ketones is 1. The fourth-order valence-corrected chi connectivity index (χ4v) is 1.46. The van der Waals surface area contributed by atoms with E-state index in [1.807, 2.05) is 0 Å². The number of hydrogen-bond acceptors (Lipinski definition) is 3. The zero-order valence-electron chi connectivity index (χ0n) is 8.08. The number of methoxy groups -OCH3 is 1. The second-order valence-electron chi connectivity index (χ2n) is 3.34. The molecule has 1 amide bonds. The summed E-state index contributed by atoms with van der Waals surface area (Å²) in [7, 11) is 1.60. The van der Waals surface area contributed by atoms with Crippen LogP contribution in [0.1, 0.15) is 13.3 Å². The summed E-state index contributed by atoms with van der Waals surface area (Å²) in [5.41, 5.74) is 0. The number of amides is 1. The summed E-state index contributed by atoms with van der Waals surface area (Å²) >= 11 is 0. The third-order valence-electron chi connectivity index (χ3n) is 2.35. The summed E-state index contributed by atoms with van der Waals surface area (Å²) in [5, 5.41) is 0. The molecule has 1 rings (SSSR count). The Labute approximate surface area is 77.8 Å². The Morgan fingerprint density at radius 1 is 1.69 bits per heavy atom. The van der Waals surface area contributed by atoms with Crippen molar-refractivity contribution in [2.45, 2.75) is 13.3 Å². The van der Waals surface area contributed by atoms with Crippen molar-refractivity contribution >= 4 is 11.7 Å². The molecule has 0 spiro atoms. The maximum atomic E-state index is 11.3. The zero-order valence-corrected chi connectivity index (χ0v) is 8.08. The van der Waals surface area contributed by atoms with Gasteiger partial charge in [0.15, 0.2) is 0 Å². The molecular formula is C9H15NO3. The highest BCUT2D eigenvalue weighted by atomic mass is 16.5. The summed E-state index contributed by atoms with van der Waals surface area (Å²) < 4.78 is 4.87. The summed E-state index contributed by atoms with van der Waals surface area (Å²) in [6, 6.07) is 0. The first-order valence-corrected chi connectivity index (χ1v) is 4.42. The van der Waals surface area contributed by atoms with Gasteiger partial charge in [-0.3, -0.25) is 9.59 Å². The van der Waals surface area contributed by atoms with Crippen LogP contribution in [0.2, 0.25) is 0 Å². The molecule has 0 aromatic carbocycles. The molecule has 74 valence electrons. The van der Waals surface area contributed by atoms with Gasteiger partial charge in [0.1, 0.15) is 5.78 Å². The van der Waals surface area contributed by atoms with Crippen LogP contribution in [0.5, 0.6) is 0 Å². The van der Waals surface area contributed by atoms with Crippen molar-refractivity contribution in [2.75, 3.05) is 26.8 Å². The highest BCUT2D eigenvalue weighted by Crippen LogP contribution is 2.17. The predicted octanol–water partition coefficient (Wildman–Crippen LogP) is 0.0703. The molecule has 0 radical (unpaired) electrons. The lowest BCUT2D eigenvalue weighted by Gasteiger charge is -2.14. The van der Waals surface area contributed by atoms with Crippen LogP contribution in [0.4, 0.5) is 0 Å². The van der Waals surface area contributed by atoms with E-state index in [4.69, 9.17) is 4.74 Å². The Hall–Kier alpha value is -0.900. The maximum absolute atomic E-state index is 11.3. The molecule has 1 atom stereocenters. The van der Waals surface area contributed by atoms with Gasteiger partial charge in [-0.05, 0) is 6.92 Å². The van der Waals surface area contributed by atoms with E-state index in [1.165, 1.54) is 6.92 Å². The third-order valence-corrected chi connectivity index (χ3v) is 2.35. The Kier molecular flexibility index (Phi) is 3.42. The summed E-state index contributed by atoms with van der Waals surface area (Å²) in [6.07, 6.45) is 0.374. The fraction of sp³-hybridized carbons (Fsp3) is 0.778. The van der Waals surface area contributed by atoms with E-state index < -0.39 is 0 Å². The average Bonchev–Trinajstić information content (AvgIpc) is 2.44. The van der Waals surface area contributed by atoms with Crippen LogP contribution in [-0.2, 0) is 14.3 Å². The lowest BCUT2D eigenvalue weighted by atomic mass is 10.1. The molecule has 0 bridgehead atoms. The maximum Gasteiger partial charge on any atom is 0.223 e. The molecule has 0 saturated carbocycles. The standard InChI is InChI=1S/C9H15NO3/c1-7(11)8-5-9(12)10(6-8)3-4-13-2/h8H,3-6H2,1-2H3. The molecule has 0 aromatic heterocycles. The molecule has 13 heavy (non-hydrogen) atoms. The van der Waals surface area contributed by atoms with Gasteiger partial charge in [0.25, 0.3) is 0 Å². The fourth-order valence-electron chi connectivity index (χ4n) is 1.46. The predicted molar refractivity (Wildman–Crippen MR) is 47.2 cm³/mol. The largest absolute Gasteiger partial charge is 0.383 e. The van der Waals surface area contributed by atoms with Crippen molar-refractivity contribution < 1.29 is 14.3 Å². The minimum absolute atomic E-state index is 0.0669. The van der Waals surface area contributed by atoms with Crippen molar-refractivity contribution in [3.8, 4) is 0 Å². The van der Waals surface area contributed by atoms with E-state index in [1.54, 1.807) is 12.0 Å². The number of likely N-dealkylation sites (tertiary alicyclic amines) is 1. The molecule has 1 unspecified atom stereocenters. The highest BCUT2D eigenvalue weighted by Gasteiger charge is 2.31. The van der Waals surface area contributed by atoms with Gasteiger partial charge in [-0.1, -0.05) is 0 Å². The number of carbonyl (C=O) groups is 2. The summed E-state index contributed by atoms with van der Waals surface area (Å²) in [5.74, 6) is 0.0786. The number of hydrogen-bond donors (Lipinski definition) is 0. The monoisotopic (exact) mass is 185 g/mol. The molecular weight excluding hydrogens is 170 g/mol. The smallest absolute Gasteiger partial charge is 0.223 e. The molecule has 0 N–H and O–H groups in total. The quantitative estimate of drug-likeness (QED) is 0.622. The topological polar surface area (TPSA) is 46.6 Å². The summed E-state index contributed by atoms with van der Waals surface area (Å²) in [6.45, 7) is 3.24.